The summed E-state index contributed by atoms with van der Waals surface area (Å²) in [5.74, 6) is -0.500. The molecule has 0 saturated carbocycles. The number of nitrogens with one attached hydrogen (secondary N) is 1. The zero-order valence-corrected chi connectivity index (χ0v) is 14.4. The summed E-state index contributed by atoms with van der Waals surface area (Å²) in [5.41, 5.74) is 2.28. The molecule has 0 aliphatic heterocycles. The molecular formula is C19H23N3O2. The van der Waals surface area contributed by atoms with Crippen LogP contribution in [0.5, 0.6) is 0 Å². The van der Waals surface area contributed by atoms with Crippen molar-refractivity contribution in [3.05, 3.63) is 59.4 Å². The number of aromatic nitrogens is 1. The summed E-state index contributed by atoms with van der Waals surface area (Å²) >= 11 is 0. The Morgan fingerprint density at radius 1 is 1.12 bits per heavy atom. The SMILES string of the molecule is CCCCN(C)C(=O)c1cccc(C(=O)Nc2cccc(C)c2)n1. The van der Waals surface area contributed by atoms with Gasteiger partial charge in [-0.05, 0) is 43.2 Å². The summed E-state index contributed by atoms with van der Waals surface area (Å²) < 4.78 is 0. The first-order valence-corrected chi connectivity index (χ1v) is 8.12. The Balaban J connectivity index is 2.11. The summed E-state index contributed by atoms with van der Waals surface area (Å²) in [5, 5.41) is 2.80. The van der Waals surface area contributed by atoms with E-state index in [1.165, 1.54) is 0 Å². The van der Waals surface area contributed by atoms with Gasteiger partial charge in [-0.25, -0.2) is 4.98 Å². The van der Waals surface area contributed by atoms with E-state index in [4.69, 9.17) is 0 Å². The average molecular weight is 325 g/mol. The molecule has 0 spiro atoms. The van der Waals surface area contributed by atoms with Crippen molar-refractivity contribution in [1.82, 2.24) is 9.88 Å². The van der Waals surface area contributed by atoms with Gasteiger partial charge < -0.3 is 10.2 Å². The number of hydrogen-bond donors (Lipinski definition) is 1. The minimum Gasteiger partial charge on any atom is -0.340 e. The lowest BCUT2D eigenvalue weighted by molar-refractivity contribution is 0.0787. The number of nitrogens with zero attached hydrogens (tertiary/aromatic N) is 2. The van der Waals surface area contributed by atoms with Crippen LogP contribution in [0.1, 0.15) is 46.3 Å². The van der Waals surface area contributed by atoms with E-state index in [0.29, 0.717) is 12.2 Å². The third-order valence-electron chi connectivity index (χ3n) is 3.67. The van der Waals surface area contributed by atoms with Crippen LogP contribution < -0.4 is 5.32 Å². The summed E-state index contributed by atoms with van der Waals surface area (Å²) in [7, 11) is 1.75. The highest BCUT2D eigenvalue weighted by Gasteiger charge is 2.15. The Labute approximate surface area is 142 Å². The number of hydrogen-bond acceptors (Lipinski definition) is 3. The van der Waals surface area contributed by atoms with Gasteiger partial charge in [0.05, 0.1) is 0 Å². The van der Waals surface area contributed by atoms with Crippen molar-refractivity contribution in [2.24, 2.45) is 0 Å². The highest BCUT2D eigenvalue weighted by atomic mass is 16.2. The summed E-state index contributed by atoms with van der Waals surface area (Å²) in [4.78, 5) is 30.6. The Bertz CT molecular complexity index is 728. The Kier molecular flexibility index (Phi) is 6.07. The zero-order valence-electron chi connectivity index (χ0n) is 14.4. The fraction of sp³-hybridized carbons (Fsp3) is 0.316. The number of benzene rings is 1. The first kappa shape index (κ1) is 17.7. The average Bonchev–Trinajstić information content (AvgIpc) is 2.59. The van der Waals surface area contributed by atoms with Crippen molar-refractivity contribution in [2.75, 3.05) is 18.9 Å². The van der Waals surface area contributed by atoms with Crippen LogP contribution in [-0.2, 0) is 0 Å². The molecule has 0 atom stereocenters. The predicted octanol–water partition coefficient (Wildman–Crippen LogP) is 3.51. The first-order valence-electron chi connectivity index (χ1n) is 8.12. The van der Waals surface area contributed by atoms with Crippen LogP contribution in [0.25, 0.3) is 0 Å². The quantitative estimate of drug-likeness (QED) is 0.884. The van der Waals surface area contributed by atoms with E-state index in [1.54, 1.807) is 30.1 Å². The van der Waals surface area contributed by atoms with Crippen molar-refractivity contribution < 1.29 is 9.59 Å². The normalized spacial score (nSPS) is 10.3. The van der Waals surface area contributed by atoms with Crippen molar-refractivity contribution in [1.29, 1.82) is 0 Å². The van der Waals surface area contributed by atoms with Crippen LogP contribution in [-0.4, -0.2) is 35.3 Å². The van der Waals surface area contributed by atoms with Crippen LogP contribution >= 0.6 is 0 Å². The zero-order chi connectivity index (χ0) is 17.5. The van der Waals surface area contributed by atoms with Crippen LogP contribution in [0.15, 0.2) is 42.5 Å². The molecule has 0 fully saturated rings. The molecule has 2 amide bonds. The lowest BCUT2D eigenvalue weighted by Crippen LogP contribution is -2.29. The summed E-state index contributed by atoms with van der Waals surface area (Å²) in [6, 6.07) is 12.4. The molecule has 0 aliphatic rings. The minimum absolute atomic E-state index is 0.173. The van der Waals surface area contributed by atoms with Crippen molar-refractivity contribution in [2.45, 2.75) is 26.7 Å². The largest absolute Gasteiger partial charge is 0.340 e. The van der Waals surface area contributed by atoms with Gasteiger partial charge in [-0.1, -0.05) is 31.5 Å². The van der Waals surface area contributed by atoms with E-state index in [2.05, 4.69) is 17.2 Å². The number of amides is 2. The Hall–Kier alpha value is -2.69. The highest BCUT2D eigenvalue weighted by Crippen LogP contribution is 2.11. The predicted molar refractivity (Wildman–Crippen MR) is 95.2 cm³/mol. The fourth-order valence-electron chi connectivity index (χ4n) is 2.29. The second kappa shape index (κ2) is 8.24. The van der Waals surface area contributed by atoms with Crippen molar-refractivity contribution in [3.63, 3.8) is 0 Å². The molecule has 0 unspecified atom stereocenters. The van der Waals surface area contributed by atoms with Gasteiger partial charge in [0.2, 0.25) is 0 Å². The van der Waals surface area contributed by atoms with Gasteiger partial charge in [0.25, 0.3) is 11.8 Å². The highest BCUT2D eigenvalue weighted by molar-refractivity contribution is 6.03. The van der Waals surface area contributed by atoms with Gasteiger partial charge in [0, 0.05) is 19.3 Å². The minimum atomic E-state index is -0.327. The van der Waals surface area contributed by atoms with E-state index in [1.807, 2.05) is 31.2 Å². The van der Waals surface area contributed by atoms with E-state index in [0.717, 1.165) is 18.4 Å². The number of carbonyl (C=O) groups is 2. The maximum Gasteiger partial charge on any atom is 0.274 e. The third kappa shape index (κ3) is 4.65. The van der Waals surface area contributed by atoms with E-state index in [9.17, 15) is 9.59 Å². The molecule has 24 heavy (non-hydrogen) atoms. The van der Waals surface area contributed by atoms with E-state index in [-0.39, 0.29) is 23.2 Å². The standard InChI is InChI=1S/C19H23N3O2/c1-4-5-12-22(3)19(24)17-11-7-10-16(21-17)18(23)20-15-9-6-8-14(2)13-15/h6-11,13H,4-5,12H2,1-3H3,(H,20,23). The lowest BCUT2D eigenvalue weighted by atomic mass is 10.2. The van der Waals surface area contributed by atoms with Crippen LogP contribution in [0, 0.1) is 6.92 Å². The Morgan fingerprint density at radius 3 is 2.54 bits per heavy atom. The molecule has 0 radical (unpaired) electrons. The molecule has 5 heteroatoms. The van der Waals surface area contributed by atoms with Crippen molar-refractivity contribution >= 4 is 17.5 Å². The number of rotatable bonds is 6. The molecule has 126 valence electrons. The van der Waals surface area contributed by atoms with Crippen LogP contribution in [0.2, 0.25) is 0 Å². The summed E-state index contributed by atoms with van der Waals surface area (Å²) in [6.45, 7) is 4.71. The monoisotopic (exact) mass is 325 g/mol. The van der Waals surface area contributed by atoms with E-state index < -0.39 is 0 Å². The van der Waals surface area contributed by atoms with Gasteiger partial charge in [0.15, 0.2) is 0 Å². The van der Waals surface area contributed by atoms with Gasteiger partial charge in [-0.3, -0.25) is 9.59 Å². The maximum absolute atomic E-state index is 12.4. The number of aryl methyl sites for hydroxylation is 1. The number of anilines is 1. The molecule has 5 nitrogen and oxygen atoms in total. The number of pyridine rings is 1. The second-order valence-electron chi connectivity index (χ2n) is 5.81. The van der Waals surface area contributed by atoms with Crippen LogP contribution in [0.3, 0.4) is 0 Å². The first-order chi connectivity index (χ1) is 11.5. The smallest absolute Gasteiger partial charge is 0.274 e. The fourth-order valence-corrected chi connectivity index (χ4v) is 2.29. The third-order valence-corrected chi connectivity index (χ3v) is 3.67. The summed E-state index contributed by atoms with van der Waals surface area (Å²) in [6.07, 6.45) is 1.96. The molecule has 0 aliphatic carbocycles. The van der Waals surface area contributed by atoms with Gasteiger partial charge >= 0.3 is 0 Å². The number of unbranched alkanes of at least 4 members (excludes halogenated alkanes) is 1. The van der Waals surface area contributed by atoms with E-state index >= 15 is 0 Å². The van der Waals surface area contributed by atoms with Gasteiger partial charge in [0.1, 0.15) is 11.4 Å². The molecule has 0 bridgehead atoms. The molecule has 1 aromatic carbocycles. The van der Waals surface area contributed by atoms with Gasteiger partial charge in [-0.2, -0.15) is 0 Å². The van der Waals surface area contributed by atoms with Crippen molar-refractivity contribution in [3.8, 4) is 0 Å². The second-order valence-corrected chi connectivity index (χ2v) is 5.81. The molecule has 1 aromatic heterocycles. The molecule has 1 heterocycles. The molecule has 0 saturated heterocycles. The molecule has 1 N–H and O–H groups in total. The molecule has 2 rings (SSSR count). The van der Waals surface area contributed by atoms with Gasteiger partial charge in [-0.15, -0.1) is 0 Å². The molecular weight excluding hydrogens is 302 g/mol. The topological polar surface area (TPSA) is 62.3 Å². The lowest BCUT2D eigenvalue weighted by Gasteiger charge is -2.16. The number of carbonyl (C=O) groups excluding carboxylic acids is 2. The maximum atomic E-state index is 12.4. The Morgan fingerprint density at radius 2 is 1.83 bits per heavy atom. The molecule has 2 aromatic rings. The van der Waals surface area contributed by atoms with Crippen LogP contribution in [0.4, 0.5) is 5.69 Å².